The van der Waals surface area contributed by atoms with Gasteiger partial charge in [-0.25, -0.2) is 4.39 Å². The Morgan fingerprint density at radius 3 is 2.58 bits per heavy atom. The number of carbonyl (C=O) groups is 2. The number of amides is 1. The van der Waals surface area contributed by atoms with Crippen molar-refractivity contribution in [2.24, 2.45) is 23.7 Å². The molecular weight excluding hydrogens is 569 g/mol. The van der Waals surface area contributed by atoms with Gasteiger partial charge < -0.3 is 25.2 Å². The van der Waals surface area contributed by atoms with Crippen LogP contribution < -0.4 is 10.6 Å². The molecular formula is C36H58FN5O3. The Labute approximate surface area is 270 Å². The molecule has 6 fully saturated rings. The van der Waals surface area contributed by atoms with Gasteiger partial charge in [0.2, 0.25) is 0 Å². The van der Waals surface area contributed by atoms with Gasteiger partial charge in [-0.1, -0.05) is 39.5 Å². The summed E-state index contributed by atoms with van der Waals surface area (Å²) in [5.74, 6) is 0.898. The van der Waals surface area contributed by atoms with Gasteiger partial charge in [-0.05, 0) is 95.8 Å². The highest BCUT2D eigenvalue weighted by Crippen LogP contribution is 2.51. The number of ketones is 1. The predicted molar refractivity (Wildman–Crippen MR) is 173 cm³/mol. The number of fused-ring (bicyclic) bond motifs is 4. The maximum absolute atomic E-state index is 16.6. The molecule has 2 N–H and O–H groups in total. The van der Waals surface area contributed by atoms with Crippen molar-refractivity contribution in [2.45, 2.75) is 140 Å². The molecule has 12 unspecified atom stereocenters. The number of hydrogen-bond acceptors (Lipinski definition) is 7. The van der Waals surface area contributed by atoms with E-state index in [-0.39, 0.29) is 60.1 Å². The standard InChI is InChI=1S/C36H58FN5O3/c1-4-40(5-2)15-9-10-22(3)39-36(44)27-20-42-30-16-23-11-6-7-12-24(23)17-31(30)45-35-32(42)26(34(27)43)18-28(37)33(35)41-19-25-13-8-14-38-29(25)21-41/h20,22-26,28-33,35,38H,4-19,21H2,1-3H3,(H,39,44). The molecule has 8 nitrogen and oxygen atoms in total. The Bertz CT molecular complexity index is 1100. The van der Waals surface area contributed by atoms with E-state index in [1.54, 1.807) is 0 Å². The molecule has 9 heteroatoms. The zero-order chi connectivity index (χ0) is 31.2. The van der Waals surface area contributed by atoms with E-state index < -0.39 is 12.1 Å². The lowest BCUT2D eigenvalue weighted by Crippen LogP contribution is -2.73. The molecule has 7 aliphatic rings. The fourth-order valence-corrected chi connectivity index (χ4v) is 10.7. The van der Waals surface area contributed by atoms with Crippen LogP contribution in [-0.4, -0.2) is 114 Å². The number of halogens is 1. The van der Waals surface area contributed by atoms with Crippen LogP contribution in [0.1, 0.15) is 91.4 Å². The maximum atomic E-state index is 16.6. The van der Waals surface area contributed by atoms with Crippen molar-refractivity contribution >= 4 is 11.7 Å². The summed E-state index contributed by atoms with van der Waals surface area (Å²) >= 11 is 0. The molecule has 252 valence electrons. The van der Waals surface area contributed by atoms with Gasteiger partial charge in [0, 0.05) is 37.3 Å². The molecule has 3 saturated carbocycles. The maximum Gasteiger partial charge on any atom is 0.256 e. The van der Waals surface area contributed by atoms with E-state index in [0.29, 0.717) is 23.8 Å². The van der Waals surface area contributed by atoms with Gasteiger partial charge >= 0.3 is 0 Å². The Morgan fingerprint density at radius 1 is 1.07 bits per heavy atom. The minimum Gasteiger partial charge on any atom is -0.369 e. The topological polar surface area (TPSA) is 77.2 Å². The van der Waals surface area contributed by atoms with E-state index in [2.05, 4.69) is 39.2 Å². The van der Waals surface area contributed by atoms with Gasteiger partial charge in [-0.15, -0.1) is 0 Å². The fraction of sp³-hybridized carbons (Fsp3) is 0.889. The Morgan fingerprint density at radius 2 is 1.82 bits per heavy atom. The largest absolute Gasteiger partial charge is 0.369 e. The summed E-state index contributed by atoms with van der Waals surface area (Å²) < 4.78 is 23.7. The van der Waals surface area contributed by atoms with E-state index in [0.717, 1.165) is 65.0 Å². The molecule has 3 aliphatic carbocycles. The number of Topliss-reactive ketones (excluding diaryl/α,β-unsaturated/α-hetero) is 1. The van der Waals surface area contributed by atoms with Crippen LogP contribution in [0.25, 0.3) is 0 Å². The lowest BCUT2D eigenvalue weighted by molar-refractivity contribution is -0.219. The molecule has 4 aliphatic heterocycles. The van der Waals surface area contributed by atoms with Crippen molar-refractivity contribution in [2.75, 3.05) is 39.3 Å². The second-order valence-electron chi connectivity index (χ2n) is 15.6. The van der Waals surface area contributed by atoms with Crippen molar-refractivity contribution in [3.05, 3.63) is 11.8 Å². The van der Waals surface area contributed by atoms with Gasteiger partial charge in [0.15, 0.2) is 5.78 Å². The second-order valence-corrected chi connectivity index (χ2v) is 15.6. The van der Waals surface area contributed by atoms with E-state index >= 15 is 4.39 Å². The average Bonchev–Trinajstić information content (AvgIpc) is 3.47. The second kappa shape index (κ2) is 13.5. The number of piperidine rings is 1. The summed E-state index contributed by atoms with van der Waals surface area (Å²) in [6, 6.07) is 0.00328. The Hall–Kier alpha value is -1.55. The van der Waals surface area contributed by atoms with E-state index in [9.17, 15) is 9.59 Å². The summed E-state index contributed by atoms with van der Waals surface area (Å²) in [5, 5.41) is 6.85. The van der Waals surface area contributed by atoms with Crippen LogP contribution in [0.5, 0.6) is 0 Å². The van der Waals surface area contributed by atoms with Gasteiger partial charge in [0.05, 0.1) is 35.9 Å². The first-order valence-electron chi connectivity index (χ1n) is 18.7. The first-order valence-corrected chi connectivity index (χ1v) is 18.7. The first-order chi connectivity index (χ1) is 21.9. The average molecular weight is 628 g/mol. The lowest BCUT2D eigenvalue weighted by Gasteiger charge is -2.61. The van der Waals surface area contributed by atoms with Crippen LogP contribution in [0, 0.1) is 23.7 Å². The SMILES string of the molecule is CCN(CC)CCCC(C)NC(=O)C1=CN2C3CC4CCCCC4CC3OC3C(N4CC5CCCNC5C4)C(F)CC(C1=O)C32. The summed E-state index contributed by atoms with van der Waals surface area (Å²) in [4.78, 5) is 35.1. The molecule has 0 aromatic heterocycles. The number of ether oxygens (including phenoxy) is 1. The minimum absolute atomic E-state index is 0.0230. The zero-order valence-corrected chi connectivity index (χ0v) is 28.0. The number of morpholine rings is 1. The normalized spacial score (nSPS) is 41.9. The summed E-state index contributed by atoms with van der Waals surface area (Å²) in [6.45, 7) is 12.2. The molecule has 12 atom stereocenters. The number of rotatable bonds is 9. The van der Waals surface area contributed by atoms with Crippen molar-refractivity contribution in [3.63, 3.8) is 0 Å². The first kappa shape index (κ1) is 32.0. The molecule has 0 bridgehead atoms. The summed E-state index contributed by atoms with van der Waals surface area (Å²) in [6.07, 6.45) is 12.0. The van der Waals surface area contributed by atoms with Crippen LogP contribution >= 0.6 is 0 Å². The van der Waals surface area contributed by atoms with Crippen molar-refractivity contribution < 1.29 is 18.7 Å². The van der Waals surface area contributed by atoms with Crippen LogP contribution in [-0.2, 0) is 14.3 Å². The molecule has 4 heterocycles. The number of alkyl halides is 1. The van der Waals surface area contributed by atoms with Gasteiger partial charge in [0.25, 0.3) is 5.91 Å². The summed E-state index contributed by atoms with van der Waals surface area (Å²) in [7, 11) is 0. The molecule has 3 saturated heterocycles. The monoisotopic (exact) mass is 627 g/mol. The van der Waals surface area contributed by atoms with E-state index in [1.807, 2.05) is 13.1 Å². The third-order valence-corrected chi connectivity index (χ3v) is 13.1. The zero-order valence-electron chi connectivity index (χ0n) is 28.0. The Kier molecular flexibility index (Phi) is 9.62. The minimum atomic E-state index is -1.15. The highest BCUT2D eigenvalue weighted by Gasteiger charge is 2.61. The third-order valence-electron chi connectivity index (χ3n) is 13.1. The van der Waals surface area contributed by atoms with Crippen LogP contribution in [0.2, 0.25) is 0 Å². The van der Waals surface area contributed by atoms with Crippen LogP contribution in [0.15, 0.2) is 11.8 Å². The van der Waals surface area contributed by atoms with Crippen LogP contribution in [0.4, 0.5) is 4.39 Å². The molecule has 0 aromatic carbocycles. The quantitative estimate of drug-likeness (QED) is 0.376. The number of nitrogens with one attached hydrogen (secondary N) is 2. The number of carbonyl (C=O) groups excluding carboxylic acids is 2. The Balaban J connectivity index is 1.14. The number of hydrogen-bond donors (Lipinski definition) is 2. The molecule has 0 spiro atoms. The van der Waals surface area contributed by atoms with Gasteiger partial charge in [0.1, 0.15) is 6.17 Å². The van der Waals surface area contributed by atoms with E-state index in [1.165, 1.54) is 38.5 Å². The van der Waals surface area contributed by atoms with Crippen molar-refractivity contribution in [1.82, 2.24) is 25.3 Å². The van der Waals surface area contributed by atoms with Gasteiger partial charge in [-0.2, -0.15) is 0 Å². The molecule has 45 heavy (non-hydrogen) atoms. The van der Waals surface area contributed by atoms with Crippen molar-refractivity contribution in [3.8, 4) is 0 Å². The van der Waals surface area contributed by atoms with E-state index in [4.69, 9.17) is 4.74 Å². The molecule has 0 aromatic rings. The lowest BCUT2D eigenvalue weighted by atomic mass is 9.64. The van der Waals surface area contributed by atoms with Gasteiger partial charge in [-0.3, -0.25) is 14.5 Å². The molecule has 0 radical (unpaired) electrons. The van der Waals surface area contributed by atoms with Crippen LogP contribution in [0.3, 0.4) is 0 Å². The number of nitrogens with zero attached hydrogens (tertiary/aromatic N) is 3. The fourth-order valence-electron chi connectivity index (χ4n) is 10.7. The predicted octanol–water partition coefficient (Wildman–Crippen LogP) is 3.90. The third kappa shape index (κ3) is 6.13. The highest BCUT2D eigenvalue weighted by atomic mass is 19.1. The number of likely N-dealkylation sites (tertiary alicyclic amines) is 1. The summed E-state index contributed by atoms with van der Waals surface area (Å²) in [5.41, 5.74) is 0.235. The van der Waals surface area contributed by atoms with Crippen molar-refractivity contribution in [1.29, 1.82) is 0 Å². The molecule has 7 rings (SSSR count). The highest BCUT2D eigenvalue weighted by molar-refractivity contribution is 6.20. The molecule has 1 amide bonds. The smallest absolute Gasteiger partial charge is 0.256 e.